The van der Waals surface area contributed by atoms with Gasteiger partial charge >= 0.3 is 6.09 Å². The first-order chi connectivity index (χ1) is 10.1. The van der Waals surface area contributed by atoms with Gasteiger partial charge in [0.2, 0.25) is 0 Å². The molecule has 0 spiro atoms. The van der Waals surface area contributed by atoms with Gasteiger partial charge in [-0.15, -0.1) is 0 Å². The summed E-state index contributed by atoms with van der Waals surface area (Å²) in [5.74, 6) is -0.394. The fourth-order valence-corrected chi connectivity index (χ4v) is 2.41. The molecule has 4 atom stereocenters. The van der Waals surface area contributed by atoms with Gasteiger partial charge in [-0.05, 0) is 12.5 Å². The Hall–Kier alpha value is -1.63. The van der Waals surface area contributed by atoms with E-state index in [-0.39, 0.29) is 25.9 Å². The molecular weight excluding hydrogens is 274 g/mol. The highest BCUT2D eigenvalue weighted by Gasteiger charge is 2.40. The molecule has 2 rings (SSSR count). The average molecular weight is 295 g/mol. The van der Waals surface area contributed by atoms with Gasteiger partial charge in [-0.25, -0.2) is 4.79 Å². The zero-order valence-corrected chi connectivity index (χ0v) is 11.9. The van der Waals surface area contributed by atoms with Gasteiger partial charge in [0.1, 0.15) is 6.61 Å². The third kappa shape index (κ3) is 4.17. The molecule has 6 heteroatoms. The van der Waals surface area contributed by atoms with Crippen LogP contribution in [0.25, 0.3) is 0 Å². The third-order valence-electron chi connectivity index (χ3n) is 3.66. The third-order valence-corrected chi connectivity index (χ3v) is 3.66. The number of carbonyl (C=O) groups is 1. The average Bonchev–Trinajstić information content (AvgIpc) is 2.78. The Morgan fingerprint density at radius 1 is 1.38 bits per heavy atom. The highest BCUT2D eigenvalue weighted by Crippen LogP contribution is 2.26. The quantitative estimate of drug-likeness (QED) is 0.743. The van der Waals surface area contributed by atoms with Crippen LogP contribution in [-0.4, -0.2) is 47.8 Å². The second-order valence-electron chi connectivity index (χ2n) is 5.16. The Morgan fingerprint density at radius 2 is 2.10 bits per heavy atom. The summed E-state index contributed by atoms with van der Waals surface area (Å²) in [5, 5.41) is 21.7. The number of aliphatic hydroxyl groups is 2. The molecule has 1 aromatic rings. The lowest BCUT2D eigenvalue weighted by molar-refractivity contribution is 0.0215. The van der Waals surface area contributed by atoms with Crippen LogP contribution in [0.1, 0.15) is 12.5 Å². The van der Waals surface area contributed by atoms with Gasteiger partial charge in [-0.3, -0.25) is 0 Å². The van der Waals surface area contributed by atoms with E-state index in [9.17, 15) is 15.0 Å². The number of amides is 1. The first-order valence-electron chi connectivity index (χ1n) is 7.00. The van der Waals surface area contributed by atoms with E-state index in [1.54, 1.807) is 6.92 Å². The maximum Gasteiger partial charge on any atom is 0.407 e. The first kappa shape index (κ1) is 15.8. The van der Waals surface area contributed by atoms with Crippen molar-refractivity contribution in [1.29, 1.82) is 0 Å². The molecule has 1 amide bonds. The fraction of sp³-hybridized carbons (Fsp3) is 0.533. The van der Waals surface area contributed by atoms with Crippen LogP contribution in [-0.2, 0) is 16.1 Å². The second kappa shape index (κ2) is 7.40. The van der Waals surface area contributed by atoms with E-state index in [0.717, 1.165) is 5.56 Å². The predicted molar refractivity (Wildman–Crippen MR) is 75.5 cm³/mol. The van der Waals surface area contributed by atoms with Crippen molar-refractivity contribution in [1.82, 2.24) is 5.32 Å². The molecule has 6 nitrogen and oxygen atoms in total. The van der Waals surface area contributed by atoms with Crippen LogP contribution in [0.5, 0.6) is 0 Å². The van der Waals surface area contributed by atoms with E-state index in [1.807, 2.05) is 30.3 Å². The maximum absolute atomic E-state index is 11.6. The highest BCUT2D eigenvalue weighted by molar-refractivity contribution is 5.67. The summed E-state index contributed by atoms with van der Waals surface area (Å²) < 4.78 is 10.6. The van der Waals surface area contributed by atoms with Crippen LogP contribution in [0, 0.1) is 5.92 Å². The van der Waals surface area contributed by atoms with Gasteiger partial charge in [0.15, 0.2) is 0 Å². The van der Waals surface area contributed by atoms with Crippen LogP contribution in [0.4, 0.5) is 4.79 Å². The number of carbonyl (C=O) groups excluding carboxylic acids is 1. The van der Waals surface area contributed by atoms with Crippen molar-refractivity contribution >= 4 is 6.09 Å². The number of aliphatic hydroxyl groups excluding tert-OH is 2. The number of rotatable bonds is 5. The van der Waals surface area contributed by atoms with Crippen molar-refractivity contribution in [2.75, 3.05) is 13.2 Å². The Bertz CT molecular complexity index is 453. The Morgan fingerprint density at radius 3 is 2.76 bits per heavy atom. The minimum absolute atomic E-state index is 0.184. The molecule has 3 N–H and O–H groups in total. The summed E-state index contributed by atoms with van der Waals surface area (Å²) in [4.78, 5) is 11.6. The van der Waals surface area contributed by atoms with E-state index in [0.29, 0.717) is 0 Å². The molecule has 0 bridgehead atoms. The topological polar surface area (TPSA) is 88.0 Å². The van der Waals surface area contributed by atoms with Crippen molar-refractivity contribution in [2.45, 2.75) is 31.8 Å². The van der Waals surface area contributed by atoms with Crippen LogP contribution >= 0.6 is 0 Å². The van der Waals surface area contributed by atoms with Crippen molar-refractivity contribution in [3.63, 3.8) is 0 Å². The Kier molecular flexibility index (Phi) is 5.55. The van der Waals surface area contributed by atoms with E-state index in [1.165, 1.54) is 0 Å². The molecule has 1 saturated heterocycles. The predicted octanol–water partition coefficient (Wildman–Crippen LogP) is 0.669. The molecule has 1 aliphatic rings. The number of hydrogen-bond acceptors (Lipinski definition) is 5. The van der Waals surface area contributed by atoms with Crippen LogP contribution in [0.15, 0.2) is 30.3 Å². The number of ether oxygens (including phenoxy) is 2. The van der Waals surface area contributed by atoms with Gasteiger partial charge in [0.25, 0.3) is 0 Å². The SMILES string of the molecule is CC1O[C@H](CNC(=O)OCc2ccccc2)C(CO)C1O. The monoisotopic (exact) mass is 295 g/mol. The lowest BCUT2D eigenvalue weighted by Gasteiger charge is -2.18. The smallest absolute Gasteiger partial charge is 0.407 e. The molecule has 3 unspecified atom stereocenters. The minimum atomic E-state index is -0.720. The lowest BCUT2D eigenvalue weighted by Crippen LogP contribution is -2.38. The summed E-state index contributed by atoms with van der Waals surface area (Å²) in [7, 11) is 0. The number of alkyl carbamates (subject to hydrolysis) is 1. The van der Waals surface area contributed by atoms with Gasteiger partial charge in [0, 0.05) is 12.5 Å². The molecule has 1 aromatic carbocycles. The van der Waals surface area contributed by atoms with E-state index in [4.69, 9.17) is 9.47 Å². The van der Waals surface area contributed by atoms with Crippen molar-refractivity contribution in [3.05, 3.63) is 35.9 Å². The van der Waals surface area contributed by atoms with E-state index >= 15 is 0 Å². The Labute approximate surface area is 123 Å². The Balaban J connectivity index is 1.74. The normalized spacial score (nSPS) is 28.3. The fourth-order valence-electron chi connectivity index (χ4n) is 2.41. The maximum atomic E-state index is 11.6. The summed E-state index contributed by atoms with van der Waals surface area (Å²) in [6.07, 6.45) is -2.03. The van der Waals surface area contributed by atoms with Gasteiger partial charge in [0.05, 0.1) is 24.9 Å². The standard InChI is InChI=1S/C15H21NO5/c1-10-14(18)12(8-17)13(21-10)7-16-15(19)20-9-11-5-3-2-4-6-11/h2-6,10,12-14,17-18H,7-9H2,1H3,(H,16,19)/t10?,12?,13-,14?/m1/s1. The molecule has 1 aliphatic heterocycles. The molecular formula is C15H21NO5. The lowest BCUT2D eigenvalue weighted by atomic mass is 9.97. The summed E-state index contributed by atoms with van der Waals surface area (Å²) in [6, 6.07) is 9.37. The zero-order valence-electron chi connectivity index (χ0n) is 11.9. The van der Waals surface area contributed by atoms with Crippen molar-refractivity contribution in [3.8, 4) is 0 Å². The van der Waals surface area contributed by atoms with Crippen molar-refractivity contribution in [2.24, 2.45) is 5.92 Å². The van der Waals surface area contributed by atoms with Gasteiger partial charge in [-0.1, -0.05) is 30.3 Å². The zero-order chi connectivity index (χ0) is 15.2. The van der Waals surface area contributed by atoms with Crippen molar-refractivity contribution < 1.29 is 24.5 Å². The van der Waals surface area contributed by atoms with Crippen LogP contribution in [0.2, 0.25) is 0 Å². The molecule has 0 aliphatic carbocycles. The highest BCUT2D eigenvalue weighted by atomic mass is 16.6. The van der Waals surface area contributed by atoms with E-state index in [2.05, 4.69) is 5.32 Å². The summed E-state index contributed by atoms with van der Waals surface area (Å²) in [5.41, 5.74) is 0.905. The van der Waals surface area contributed by atoms with E-state index < -0.39 is 24.2 Å². The molecule has 0 saturated carbocycles. The molecule has 0 radical (unpaired) electrons. The second-order valence-corrected chi connectivity index (χ2v) is 5.16. The first-order valence-corrected chi connectivity index (χ1v) is 7.00. The van der Waals surface area contributed by atoms with Crippen LogP contribution < -0.4 is 5.32 Å². The molecule has 21 heavy (non-hydrogen) atoms. The van der Waals surface area contributed by atoms with Gasteiger partial charge < -0.3 is 25.0 Å². The van der Waals surface area contributed by atoms with Crippen LogP contribution in [0.3, 0.4) is 0 Å². The number of benzene rings is 1. The number of nitrogens with one attached hydrogen (secondary N) is 1. The van der Waals surface area contributed by atoms with Gasteiger partial charge in [-0.2, -0.15) is 0 Å². The summed E-state index contributed by atoms with van der Waals surface area (Å²) >= 11 is 0. The molecule has 0 aromatic heterocycles. The minimum Gasteiger partial charge on any atom is -0.445 e. The number of hydrogen-bond donors (Lipinski definition) is 3. The molecule has 1 fully saturated rings. The summed E-state index contributed by atoms with van der Waals surface area (Å²) in [6.45, 7) is 1.94. The molecule has 1 heterocycles. The largest absolute Gasteiger partial charge is 0.445 e. The molecule has 116 valence electrons.